The number of carbonyl (C=O) groups excluding carboxylic acids is 2. The van der Waals surface area contributed by atoms with Crippen molar-refractivity contribution >= 4 is 28.2 Å². The number of nitrogens with two attached hydrogens (primary N) is 1. The van der Waals surface area contributed by atoms with Gasteiger partial charge in [0.15, 0.2) is 0 Å². The summed E-state index contributed by atoms with van der Waals surface area (Å²) < 4.78 is 0. The third kappa shape index (κ3) is 4.01. The molecule has 30 heavy (non-hydrogen) atoms. The van der Waals surface area contributed by atoms with Crippen LogP contribution in [0.1, 0.15) is 45.0 Å². The third-order valence-corrected chi connectivity index (χ3v) is 6.87. The van der Waals surface area contributed by atoms with Crippen molar-refractivity contribution in [2.45, 2.75) is 32.9 Å². The topological polar surface area (TPSA) is 76.6 Å². The number of carbonyl (C=O) groups is 2. The number of amides is 2. The molecule has 0 fully saturated rings. The van der Waals surface area contributed by atoms with E-state index in [0.29, 0.717) is 22.2 Å². The highest BCUT2D eigenvalue weighted by Gasteiger charge is 2.30. The van der Waals surface area contributed by atoms with Gasteiger partial charge < -0.3 is 16.0 Å². The highest BCUT2D eigenvalue weighted by atomic mass is 32.1. The molecular weight excluding hydrogens is 394 g/mol. The Morgan fingerprint density at radius 2 is 1.70 bits per heavy atom. The number of quaternary nitrogens is 1. The van der Waals surface area contributed by atoms with E-state index in [4.69, 9.17) is 5.73 Å². The Hall–Kier alpha value is -2.96. The lowest BCUT2D eigenvalue weighted by molar-refractivity contribution is -0.936. The highest BCUT2D eigenvalue weighted by Crippen LogP contribution is 2.35. The van der Waals surface area contributed by atoms with Crippen LogP contribution in [0.4, 0.5) is 5.00 Å². The maximum Gasteiger partial charge on any atom is 0.256 e. The van der Waals surface area contributed by atoms with Gasteiger partial charge in [-0.3, -0.25) is 9.59 Å². The Bertz CT molecular complexity index is 1070. The molecule has 154 valence electrons. The summed E-state index contributed by atoms with van der Waals surface area (Å²) in [6.07, 6.45) is 0.805. The quantitative estimate of drug-likeness (QED) is 0.593. The van der Waals surface area contributed by atoms with Crippen LogP contribution in [0, 0.1) is 0 Å². The van der Waals surface area contributed by atoms with Crippen molar-refractivity contribution in [2.75, 3.05) is 11.9 Å². The molecule has 0 saturated carbocycles. The van der Waals surface area contributed by atoms with Crippen LogP contribution in [0.2, 0.25) is 0 Å². The number of hydrogen-bond acceptors (Lipinski definition) is 3. The Labute approximate surface area is 180 Å². The molecule has 1 aromatic heterocycles. The van der Waals surface area contributed by atoms with Crippen LogP contribution in [0.25, 0.3) is 11.1 Å². The fourth-order valence-corrected chi connectivity index (χ4v) is 5.26. The van der Waals surface area contributed by atoms with Gasteiger partial charge in [-0.25, -0.2) is 0 Å². The molecule has 3 aromatic rings. The number of hydrogen-bond donors (Lipinski definition) is 3. The van der Waals surface area contributed by atoms with E-state index in [1.54, 1.807) is 12.1 Å². The van der Waals surface area contributed by atoms with E-state index in [2.05, 4.69) is 19.2 Å². The second kappa shape index (κ2) is 8.42. The van der Waals surface area contributed by atoms with E-state index in [9.17, 15) is 9.59 Å². The molecular formula is C24H26N3O2S+. The summed E-state index contributed by atoms with van der Waals surface area (Å²) in [4.78, 5) is 27.6. The summed E-state index contributed by atoms with van der Waals surface area (Å²) in [5.41, 5.74) is 9.87. The van der Waals surface area contributed by atoms with Gasteiger partial charge in [-0.15, -0.1) is 11.3 Å². The van der Waals surface area contributed by atoms with Gasteiger partial charge in [-0.05, 0) is 42.7 Å². The number of thiophene rings is 1. The molecule has 0 spiro atoms. The van der Waals surface area contributed by atoms with Gasteiger partial charge in [0.2, 0.25) is 0 Å². The van der Waals surface area contributed by atoms with Crippen LogP contribution in [0.3, 0.4) is 0 Å². The van der Waals surface area contributed by atoms with Crippen LogP contribution in [-0.4, -0.2) is 24.4 Å². The normalized spacial score (nSPS) is 15.6. The lowest BCUT2D eigenvalue weighted by Crippen LogP contribution is -3.14. The first-order chi connectivity index (χ1) is 14.4. The number of benzene rings is 2. The van der Waals surface area contributed by atoms with Gasteiger partial charge in [-0.2, -0.15) is 0 Å². The summed E-state index contributed by atoms with van der Waals surface area (Å²) in [6, 6.07) is 18.0. The van der Waals surface area contributed by atoms with Gasteiger partial charge in [0, 0.05) is 12.0 Å². The molecule has 1 unspecified atom stereocenters. The zero-order chi connectivity index (χ0) is 21.3. The van der Waals surface area contributed by atoms with E-state index >= 15 is 0 Å². The second-order valence-corrected chi connectivity index (χ2v) is 9.06. The summed E-state index contributed by atoms with van der Waals surface area (Å²) in [5.74, 6) is -0.709. The number of fused-ring (bicyclic) bond motifs is 1. The molecule has 1 aliphatic heterocycles. The molecule has 0 saturated heterocycles. The zero-order valence-electron chi connectivity index (χ0n) is 17.2. The number of anilines is 1. The van der Waals surface area contributed by atoms with Crippen LogP contribution in [0.5, 0.6) is 0 Å². The standard InChI is InChI=1S/C24H25N3O2S/c1-15(2)27-13-12-19-20(14-27)30-24(21(19)22(25)28)26-23(29)18-10-8-17(9-11-18)16-6-4-3-5-7-16/h3-11,15H,12-14H2,1-2H3,(H2,25,28)(H,26,29)/p+1. The maximum atomic E-state index is 12.9. The van der Waals surface area contributed by atoms with Crippen LogP contribution in [-0.2, 0) is 13.0 Å². The third-order valence-electron chi connectivity index (χ3n) is 5.72. The molecule has 0 aliphatic carbocycles. The molecule has 6 heteroatoms. The summed E-state index contributed by atoms with van der Waals surface area (Å²) in [7, 11) is 0. The van der Waals surface area contributed by atoms with Gasteiger partial charge >= 0.3 is 0 Å². The minimum absolute atomic E-state index is 0.233. The van der Waals surface area contributed by atoms with Crippen molar-refractivity contribution in [3.8, 4) is 11.1 Å². The number of nitrogens with one attached hydrogen (secondary N) is 2. The Balaban J connectivity index is 1.57. The molecule has 4 N–H and O–H groups in total. The summed E-state index contributed by atoms with van der Waals surface area (Å²) >= 11 is 1.48. The molecule has 2 amide bonds. The average molecular weight is 421 g/mol. The van der Waals surface area contributed by atoms with Gasteiger partial charge in [-0.1, -0.05) is 42.5 Å². The van der Waals surface area contributed by atoms with E-state index in [0.717, 1.165) is 41.1 Å². The van der Waals surface area contributed by atoms with Gasteiger partial charge in [0.05, 0.1) is 23.0 Å². The predicted octanol–water partition coefficient (Wildman–Crippen LogP) is 3.12. The largest absolute Gasteiger partial charge is 0.365 e. The minimum atomic E-state index is -0.477. The Kier molecular flexibility index (Phi) is 5.70. The van der Waals surface area contributed by atoms with Crippen molar-refractivity contribution in [1.82, 2.24) is 0 Å². The van der Waals surface area contributed by atoms with Crippen LogP contribution < -0.4 is 16.0 Å². The fraction of sp³-hybridized carbons (Fsp3) is 0.250. The molecule has 5 nitrogen and oxygen atoms in total. The zero-order valence-corrected chi connectivity index (χ0v) is 18.0. The first kappa shape index (κ1) is 20.3. The molecule has 0 radical (unpaired) electrons. The predicted molar refractivity (Wildman–Crippen MR) is 121 cm³/mol. The molecule has 2 aromatic carbocycles. The van der Waals surface area contributed by atoms with Crippen molar-refractivity contribution in [2.24, 2.45) is 5.73 Å². The summed E-state index contributed by atoms with van der Waals surface area (Å²) in [6.45, 7) is 6.23. The maximum absolute atomic E-state index is 12.9. The second-order valence-electron chi connectivity index (χ2n) is 7.96. The lowest BCUT2D eigenvalue weighted by atomic mass is 10.0. The highest BCUT2D eigenvalue weighted by molar-refractivity contribution is 7.17. The average Bonchev–Trinajstić information content (AvgIpc) is 3.11. The monoisotopic (exact) mass is 420 g/mol. The smallest absolute Gasteiger partial charge is 0.256 e. The van der Waals surface area contributed by atoms with E-state index in [-0.39, 0.29) is 5.91 Å². The summed E-state index contributed by atoms with van der Waals surface area (Å²) in [5, 5.41) is 3.50. The first-order valence-electron chi connectivity index (χ1n) is 10.2. The van der Waals surface area contributed by atoms with Crippen molar-refractivity contribution in [3.63, 3.8) is 0 Å². The van der Waals surface area contributed by atoms with Crippen LogP contribution >= 0.6 is 11.3 Å². The van der Waals surface area contributed by atoms with Crippen molar-refractivity contribution in [3.05, 3.63) is 76.2 Å². The van der Waals surface area contributed by atoms with Crippen molar-refractivity contribution in [1.29, 1.82) is 0 Å². The SMILES string of the molecule is CC(C)[NH+]1CCc2c(sc(NC(=O)c3ccc(-c4ccccc4)cc3)c2C(N)=O)C1. The fourth-order valence-electron chi connectivity index (χ4n) is 3.96. The molecule has 0 bridgehead atoms. The first-order valence-corrected chi connectivity index (χ1v) is 11.0. The lowest BCUT2D eigenvalue weighted by Gasteiger charge is -2.27. The molecule has 4 rings (SSSR count). The number of primary amides is 1. The minimum Gasteiger partial charge on any atom is -0.365 e. The van der Waals surface area contributed by atoms with Crippen LogP contribution in [0.15, 0.2) is 54.6 Å². The van der Waals surface area contributed by atoms with E-state index < -0.39 is 5.91 Å². The Morgan fingerprint density at radius 1 is 1.03 bits per heavy atom. The van der Waals surface area contributed by atoms with Gasteiger partial charge in [0.1, 0.15) is 11.5 Å². The number of rotatable bonds is 5. The molecule has 1 atom stereocenters. The van der Waals surface area contributed by atoms with Gasteiger partial charge in [0.25, 0.3) is 11.8 Å². The Morgan fingerprint density at radius 3 is 2.33 bits per heavy atom. The van der Waals surface area contributed by atoms with E-state index in [1.165, 1.54) is 16.2 Å². The molecule has 2 heterocycles. The van der Waals surface area contributed by atoms with E-state index in [1.807, 2.05) is 42.5 Å². The molecule has 1 aliphatic rings. The van der Waals surface area contributed by atoms with Crippen molar-refractivity contribution < 1.29 is 14.5 Å².